The largest absolute Gasteiger partial charge is 0.338 e. The lowest BCUT2D eigenvalue weighted by atomic mass is 10.2. The molecule has 2 amide bonds. The fourth-order valence-electron chi connectivity index (χ4n) is 1.87. The summed E-state index contributed by atoms with van der Waals surface area (Å²) < 4.78 is 0. The van der Waals surface area contributed by atoms with Crippen molar-refractivity contribution in [3.8, 4) is 0 Å². The van der Waals surface area contributed by atoms with Crippen molar-refractivity contribution in [2.45, 2.75) is 32.1 Å². The second-order valence-electron chi connectivity index (χ2n) is 4.16. The number of amides is 2. The van der Waals surface area contributed by atoms with Gasteiger partial charge < -0.3 is 10.2 Å². The van der Waals surface area contributed by atoms with Crippen LogP contribution >= 0.6 is 0 Å². The maximum absolute atomic E-state index is 11.3. The SMILES string of the molecule is O=C1NCCCN1CCCC1CC1. The molecule has 0 aromatic carbocycles. The van der Waals surface area contributed by atoms with Crippen LogP contribution in [0.5, 0.6) is 0 Å². The monoisotopic (exact) mass is 182 g/mol. The van der Waals surface area contributed by atoms with Crippen molar-refractivity contribution in [1.82, 2.24) is 10.2 Å². The molecule has 0 aromatic rings. The number of urea groups is 1. The molecule has 0 atom stereocenters. The van der Waals surface area contributed by atoms with Crippen LogP contribution < -0.4 is 5.32 Å². The average Bonchev–Trinajstić information content (AvgIpc) is 2.92. The van der Waals surface area contributed by atoms with E-state index in [9.17, 15) is 4.79 Å². The molecule has 0 radical (unpaired) electrons. The van der Waals surface area contributed by atoms with E-state index < -0.39 is 0 Å². The number of hydrogen-bond donors (Lipinski definition) is 1. The summed E-state index contributed by atoms with van der Waals surface area (Å²) in [6.45, 7) is 2.77. The van der Waals surface area contributed by atoms with Gasteiger partial charge in [-0.1, -0.05) is 12.8 Å². The van der Waals surface area contributed by atoms with Crippen LogP contribution in [0.3, 0.4) is 0 Å². The van der Waals surface area contributed by atoms with E-state index in [1.807, 2.05) is 4.90 Å². The van der Waals surface area contributed by atoms with E-state index in [0.717, 1.165) is 32.0 Å². The standard InChI is InChI=1S/C10H18N2O/c13-10-11-6-2-8-12(10)7-1-3-9-4-5-9/h9H,1-8H2,(H,11,13). The summed E-state index contributed by atoms with van der Waals surface area (Å²) >= 11 is 0. The van der Waals surface area contributed by atoms with Crippen molar-refractivity contribution >= 4 is 6.03 Å². The van der Waals surface area contributed by atoms with E-state index in [1.165, 1.54) is 25.7 Å². The highest BCUT2D eigenvalue weighted by Crippen LogP contribution is 2.33. The zero-order valence-corrected chi connectivity index (χ0v) is 8.09. The second kappa shape index (κ2) is 3.99. The summed E-state index contributed by atoms with van der Waals surface area (Å²) in [5.74, 6) is 0.993. The molecule has 1 aliphatic heterocycles. The summed E-state index contributed by atoms with van der Waals surface area (Å²) in [6.07, 6.45) is 6.47. The van der Waals surface area contributed by atoms with E-state index in [2.05, 4.69) is 5.32 Å². The van der Waals surface area contributed by atoms with Crippen LogP contribution in [-0.2, 0) is 0 Å². The molecule has 1 heterocycles. The predicted octanol–water partition coefficient (Wildman–Crippen LogP) is 1.59. The molecule has 2 rings (SSSR count). The van der Waals surface area contributed by atoms with Gasteiger partial charge >= 0.3 is 6.03 Å². The summed E-state index contributed by atoms with van der Waals surface area (Å²) in [5.41, 5.74) is 0. The minimum absolute atomic E-state index is 0.141. The van der Waals surface area contributed by atoms with Gasteiger partial charge in [-0.2, -0.15) is 0 Å². The van der Waals surface area contributed by atoms with Gasteiger partial charge in [-0.05, 0) is 25.2 Å². The highest BCUT2D eigenvalue weighted by atomic mass is 16.2. The molecule has 74 valence electrons. The third-order valence-electron chi connectivity index (χ3n) is 2.91. The smallest absolute Gasteiger partial charge is 0.317 e. The number of carbonyl (C=O) groups is 1. The first-order chi connectivity index (χ1) is 6.36. The molecule has 2 fully saturated rings. The Morgan fingerprint density at radius 1 is 1.46 bits per heavy atom. The lowest BCUT2D eigenvalue weighted by Gasteiger charge is -2.27. The lowest BCUT2D eigenvalue weighted by Crippen LogP contribution is -2.46. The molecule has 1 saturated heterocycles. The summed E-state index contributed by atoms with van der Waals surface area (Å²) in [5, 5.41) is 2.87. The van der Waals surface area contributed by atoms with Crippen LogP contribution in [0.2, 0.25) is 0 Å². The number of nitrogens with one attached hydrogen (secondary N) is 1. The summed E-state index contributed by atoms with van der Waals surface area (Å²) in [4.78, 5) is 13.3. The Kier molecular flexibility index (Phi) is 2.71. The normalized spacial score (nSPS) is 23.1. The Bertz CT molecular complexity index is 189. The fourth-order valence-corrected chi connectivity index (χ4v) is 1.87. The Balaban J connectivity index is 1.63. The topological polar surface area (TPSA) is 32.3 Å². The van der Waals surface area contributed by atoms with Gasteiger partial charge in [-0.3, -0.25) is 0 Å². The van der Waals surface area contributed by atoms with Gasteiger partial charge in [0.15, 0.2) is 0 Å². The Morgan fingerprint density at radius 2 is 2.31 bits per heavy atom. The van der Waals surface area contributed by atoms with Crippen molar-refractivity contribution < 1.29 is 4.79 Å². The highest BCUT2D eigenvalue weighted by molar-refractivity contribution is 5.74. The zero-order valence-electron chi connectivity index (χ0n) is 8.09. The Hall–Kier alpha value is -0.730. The first-order valence-electron chi connectivity index (χ1n) is 5.39. The molecular weight excluding hydrogens is 164 g/mol. The van der Waals surface area contributed by atoms with Crippen LogP contribution in [0.25, 0.3) is 0 Å². The first-order valence-corrected chi connectivity index (χ1v) is 5.39. The van der Waals surface area contributed by atoms with Crippen molar-refractivity contribution in [3.05, 3.63) is 0 Å². The number of carbonyl (C=O) groups excluding carboxylic acids is 1. The van der Waals surface area contributed by atoms with Crippen LogP contribution in [-0.4, -0.2) is 30.6 Å². The predicted molar refractivity (Wildman–Crippen MR) is 51.5 cm³/mol. The quantitative estimate of drug-likeness (QED) is 0.703. The van der Waals surface area contributed by atoms with Crippen LogP contribution in [0.4, 0.5) is 4.79 Å². The molecule has 1 aliphatic carbocycles. The number of hydrogen-bond acceptors (Lipinski definition) is 1. The maximum atomic E-state index is 11.3. The molecule has 2 aliphatic rings. The molecule has 1 N–H and O–H groups in total. The molecular formula is C10H18N2O. The fraction of sp³-hybridized carbons (Fsp3) is 0.900. The number of nitrogens with zero attached hydrogens (tertiary/aromatic N) is 1. The lowest BCUT2D eigenvalue weighted by molar-refractivity contribution is 0.185. The highest BCUT2D eigenvalue weighted by Gasteiger charge is 2.22. The summed E-state index contributed by atoms with van der Waals surface area (Å²) in [6, 6.07) is 0.141. The first kappa shape index (κ1) is 8.85. The minimum atomic E-state index is 0.141. The molecule has 0 bridgehead atoms. The van der Waals surface area contributed by atoms with Gasteiger partial charge in [0.05, 0.1) is 0 Å². The van der Waals surface area contributed by atoms with E-state index in [0.29, 0.717) is 0 Å². The molecule has 3 heteroatoms. The van der Waals surface area contributed by atoms with Crippen LogP contribution in [0.1, 0.15) is 32.1 Å². The van der Waals surface area contributed by atoms with Crippen LogP contribution in [0, 0.1) is 5.92 Å². The van der Waals surface area contributed by atoms with Crippen LogP contribution in [0.15, 0.2) is 0 Å². The number of rotatable bonds is 4. The van der Waals surface area contributed by atoms with Gasteiger partial charge in [0.1, 0.15) is 0 Å². The average molecular weight is 182 g/mol. The van der Waals surface area contributed by atoms with Gasteiger partial charge in [-0.15, -0.1) is 0 Å². The molecule has 1 saturated carbocycles. The molecule has 0 unspecified atom stereocenters. The van der Waals surface area contributed by atoms with Gasteiger partial charge in [0.25, 0.3) is 0 Å². The van der Waals surface area contributed by atoms with Crippen molar-refractivity contribution in [3.63, 3.8) is 0 Å². The molecule has 13 heavy (non-hydrogen) atoms. The van der Waals surface area contributed by atoms with Crippen molar-refractivity contribution in [2.75, 3.05) is 19.6 Å². The van der Waals surface area contributed by atoms with E-state index >= 15 is 0 Å². The van der Waals surface area contributed by atoms with Gasteiger partial charge in [0.2, 0.25) is 0 Å². The molecule has 0 spiro atoms. The summed E-state index contributed by atoms with van der Waals surface area (Å²) in [7, 11) is 0. The zero-order chi connectivity index (χ0) is 9.10. The van der Waals surface area contributed by atoms with Crippen molar-refractivity contribution in [2.24, 2.45) is 5.92 Å². The van der Waals surface area contributed by atoms with Gasteiger partial charge in [-0.25, -0.2) is 4.79 Å². The van der Waals surface area contributed by atoms with E-state index in [1.54, 1.807) is 0 Å². The Morgan fingerprint density at radius 3 is 3.00 bits per heavy atom. The Labute approximate surface area is 79.5 Å². The van der Waals surface area contributed by atoms with E-state index in [4.69, 9.17) is 0 Å². The molecule has 3 nitrogen and oxygen atoms in total. The third-order valence-corrected chi connectivity index (χ3v) is 2.91. The van der Waals surface area contributed by atoms with E-state index in [-0.39, 0.29) is 6.03 Å². The second-order valence-corrected chi connectivity index (χ2v) is 4.16. The molecule has 0 aromatic heterocycles. The van der Waals surface area contributed by atoms with Gasteiger partial charge in [0, 0.05) is 19.6 Å². The minimum Gasteiger partial charge on any atom is -0.338 e. The van der Waals surface area contributed by atoms with Crippen molar-refractivity contribution in [1.29, 1.82) is 0 Å². The third kappa shape index (κ3) is 2.61. The maximum Gasteiger partial charge on any atom is 0.317 e.